The van der Waals surface area contributed by atoms with E-state index in [9.17, 15) is 9.18 Å². The predicted octanol–water partition coefficient (Wildman–Crippen LogP) is 2.46. The van der Waals surface area contributed by atoms with E-state index in [1.54, 1.807) is 19.1 Å². The van der Waals surface area contributed by atoms with Crippen LogP contribution < -0.4 is 10.6 Å². The normalized spacial score (nSPS) is 15.6. The van der Waals surface area contributed by atoms with Gasteiger partial charge < -0.3 is 20.1 Å². The van der Waals surface area contributed by atoms with E-state index in [0.717, 1.165) is 24.8 Å². The summed E-state index contributed by atoms with van der Waals surface area (Å²) in [5.74, 6) is 0.757. The van der Waals surface area contributed by atoms with E-state index in [1.165, 1.54) is 6.07 Å². The molecule has 8 heteroatoms. The Morgan fingerprint density at radius 3 is 2.73 bits per heavy atom. The van der Waals surface area contributed by atoms with Crippen LogP contribution in [-0.4, -0.2) is 35.2 Å². The average Bonchev–Trinajstić information content (AvgIpc) is 2.98. The van der Waals surface area contributed by atoms with Crippen LogP contribution in [0.2, 0.25) is 0 Å². The number of carbonyl (C=O) groups is 1. The molecule has 1 saturated carbocycles. The summed E-state index contributed by atoms with van der Waals surface area (Å²) in [6.45, 7) is 2.54. The summed E-state index contributed by atoms with van der Waals surface area (Å²) >= 11 is 0. The second-order valence-electron chi connectivity index (χ2n) is 7.04. The lowest BCUT2D eigenvalue weighted by Crippen LogP contribution is -2.54. The summed E-state index contributed by atoms with van der Waals surface area (Å²) in [7, 11) is 3.77. The molecule has 0 saturated heterocycles. The number of hydrogen-bond acceptors (Lipinski definition) is 5. The van der Waals surface area contributed by atoms with Crippen LogP contribution in [0.4, 0.5) is 9.18 Å². The minimum absolute atomic E-state index is 0.243. The summed E-state index contributed by atoms with van der Waals surface area (Å²) in [5, 5.41) is 9.75. The number of benzene rings is 1. The predicted molar refractivity (Wildman–Crippen MR) is 93.7 cm³/mol. The maximum Gasteiger partial charge on any atom is 0.315 e. The van der Waals surface area contributed by atoms with Gasteiger partial charge in [-0.15, -0.1) is 0 Å². The summed E-state index contributed by atoms with van der Waals surface area (Å²) < 4.78 is 18.9. The van der Waals surface area contributed by atoms with Gasteiger partial charge in [-0.2, -0.15) is 4.98 Å². The van der Waals surface area contributed by atoms with Crippen molar-refractivity contribution in [2.24, 2.45) is 0 Å². The van der Waals surface area contributed by atoms with E-state index in [2.05, 4.69) is 20.8 Å². The minimum Gasteiger partial charge on any atom is -0.340 e. The highest BCUT2D eigenvalue weighted by Gasteiger charge is 2.44. The van der Waals surface area contributed by atoms with E-state index in [1.807, 2.05) is 19.0 Å². The van der Waals surface area contributed by atoms with Crippen LogP contribution in [0, 0.1) is 12.7 Å². The third kappa shape index (κ3) is 4.01. The average molecular weight is 361 g/mol. The molecule has 2 N–H and O–H groups in total. The topological polar surface area (TPSA) is 83.3 Å². The zero-order valence-electron chi connectivity index (χ0n) is 15.3. The maximum absolute atomic E-state index is 13.8. The molecular formula is C18H24FN5O2. The van der Waals surface area contributed by atoms with Crippen molar-refractivity contribution >= 4 is 6.03 Å². The van der Waals surface area contributed by atoms with Gasteiger partial charge in [-0.3, -0.25) is 0 Å². The Bertz CT molecular complexity index is 786. The molecule has 1 aliphatic carbocycles. The highest BCUT2D eigenvalue weighted by molar-refractivity contribution is 5.75. The lowest BCUT2D eigenvalue weighted by molar-refractivity contribution is 0.165. The van der Waals surface area contributed by atoms with Crippen molar-refractivity contribution < 1.29 is 13.7 Å². The Balaban J connectivity index is 1.60. The monoisotopic (exact) mass is 361 g/mol. The largest absolute Gasteiger partial charge is 0.340 e. The number of nitrogens with one attached hydrogen (secondary N) is 2. The van der Waals surface area contributed by atoms with Crippen LogP contribution in [0.3, 0.4) is 0 Å². The summed E-state index contributed by atoms with van der Waals surface area (Å²) in [5.41, 5.74) is 0.893. The van der Waals surface area contributed by atoms with Gasteiger partial charge in [0.05, 0.1) is 0 Å². The molecule has 0 unspecified atom stereocenters. The van der Waals surface area contributed by atoms with Gasteiger partial charge in [0, 0.05) is 25.6 Å². The van der Waals surface area contributed by atoms with Crippen LogP contribution in [0.15, 0.2) is 22.7 Å². The minimum atomic E-state index is -0.555. The van der Waals surface area contributed by atoms with Crippen molar-refractivity contribution in [3.05, 3.63) is 46.9 Å². The highest BCUT2D eigenvalue weighted by atomic mass is 19.1. The van der Waals surface area contributed by atoms with Crippen molar-refractivity contribution in [3.8, 4) is 0 Å². The lowest BCUT2D eigenvalue weighted by Gasteiger charge is -2.39. The third-order valence-electron chi connectivity index (χ3n) is 4.57. The number of rotatable bonds is 6. The fourth-order valence-corrected chi connectivity index (χ4v) is 3.07. The standard InChI is InChI=1S/C18H24FN5O2/c1-12-21-16(23-26-12)18(7-4-8-18)22-17(25)20-10-13-5-6-15(19)14(9-13)11-24(2)3/h5-6,9H,4,7-8,10-11H2,1-3H3,(H2,20,22,25). The molecule has 1 aromatic carbocycles. The van der Waals surface area contributed by atoms with E-state index in [-0.39, 0.29) is 11.8 Å². The van der Waals surface area contributed by atoms with E-state index < -0.39 is 5.54 Å². The van der Waals surface area contributed by atoms with Crippen LogP contribution in [0.1, 0.15) is 42.1 Å². The molecule has 0 radical (unpaired) electrons. The fourth-order valence-electron chi connectivity index (χ4n) is 3.07. The van der Waals surface area contributed by atoms with E-state index in [0.29, 0.717) is 30.4 Å². The second kappa shape index (κ2) is 7.41. The first-order valence-corrected chi connectivity index (χ1v) is 8.67. The van der Waals surface area contributed by atoms with Gasteiger partial charge in [-0.05, 0) is 51.1 Å². The Morgan fingerprint density at radius 2 is 2.15 bits per heavy atom. The van der Waals surface area contributed by atoms with Crippen LogP contribution in [0.5, 0.6) is 0 Å². The van der Waals surface area contributed by atoms with Crippen molar-refractivity contribution in [2.75, 3.05) is 14.1 Å². The first-order valence-electron chi connectivity index (χ1n) is 8.67. The van der Waals surface area contributed by atoms with Crippen LogP contribution in [-0.2, 0) is 18.6 Å². The molecule has 2 amide bonds. The Kier molecular flexibility index (Phi) is 5.22. The molecule has 0 spiro atoms. The molecule has 2 aromatic rings. The molecule has 140 valence electrons. The number of nitrogens with zero attached hydrogens (tertiary/aromatic N) is 3. The van der Waals surface area contributed by atoms with Crippen molar-refractivity contribution in [1.29, 1.82) is 0 Å². The smallest absolute Gasteiger partial charge is 0.315 e. The summed E-state index contributed by atoms with van der Waals surface area (Å²) in [6, 6.07) is 4.59. The first kappa shape index (κ1) is 18.3. The molecule has 26 heavy (non-hydrogen) atoms. The van der Waals surface area contributed by atoms with Gasteiger partial charge in [0.1, 0.15) is 11.4 Å². The second-order valence-corrected chi connectivity index (χ2v) is 7.04. The molecule has 1 fully saturated rings. The SMILES string of the molecule is Cc1nc(C2(NC(=O)NCc3ccc(F)c(CN(C)C)c3)CCC2)no1. The van der Waals surface area contributed by atoms with E-state index >= 15 is 0 Å². The molecule has 0 atom stereocenters. The van der Waals surface area contributed by atoms with Crippen molar-refractivity contribution in [3.63, 3.8) is 0 Å². The van der Waals surface area contributed by atoms with Crippen molar-refractivity contribution in [2.45, 2.75) is 44.8 Å². The summed E-state index contributed by atoms with van der Waals surface area (Å²) in [6.07, 6.45) is 2.56. The highest BCUT2D eigenvalue weighted by Crippen LogP contribution is 2.39. The van der Waals surface area contributed by atoms with Crippen LogP contribution >= 0.6 is 0 Å². The molecule has 1 aliphatic rings. The van der Waals surface area contributed by atoms with Gasteiger partial charge in [0.25, 0.3) is 0 Å². The summed E-state index contributed by atoms with van der Waals surface area (Å²) in [4.78, 5) is 18.5. The van der Waals surface area contributed by atoms with Gasteiger partial charge >= 0.3 is 6.03 Å². The maximum atomic E-state index is 13.8. The van der Waals surface area contributed by atoms with Gasteiger partial charge in [0.15, 0.2) is 5.82 Å². The molecule has 1 aromatic heterocycles. The molecule has 0 bridgehead atoms. The van der Waals surface area contributed by atoms with Gasteiger partial charge in [0.2, 0.25) is 5.89 Å². The zero-order chi connectivity index (χ0) is 18.7. The Morgan fingerprint density at radius 1 is 1.38 bits per heavy atom. The zero-order valence-corrected chi connectivity index (χ0v) is 15.3. The number of hydrogen-bond donors (Lipinski definition) is 2. The Hall–Kier alpha value is -2.48. The van der Waals surface area contributed by atoms with Crippen molar-refractivity contribution in [1.82, 2.24) is 25.7 Å². The van der Waals surface area contributed by atoms with Crippen LogP contribution in [0.25, 0.3) is 0 Å². The number of aryl methyl sites for hydroxylation is 1. The number of aromatic nitrogens is 2. The molecule has 7 nitrogen and oxygen atoms in total. The fraction of sp³-hybridized carbons (Fsp3) is 0.500. The number of halogens is 1. The third-order valence-corrected chi connectivity index (χ3v) is 4.57. The molecule has 3 rings (SSSR count). The Labute approximate surface area is 152 Å². The molecular weight excluding hydrogens is 337 g/mol. The van der Waals surface area contributed by atoms with Gasteiger partial charge in [-0.1, -0.05) is 11.2 Å². The first-order chi connectivity index (χ1) is 12.4. The molecule has 0 aliphatic heterocycles. The number of carbonyl (C=O) groups excluding carboxylic acids is 1. The van der Waals surface area contributed by atoms with E-state index in [4.69, 9.17) is 4.52 Å². The number of urea groups is 1. The lowest BCUT2D eigenvalue weighted by atomic mass is 9.76. The quantitative estimate of drug-likeness (QED) is 0.826. The molecule has 1 heterocycles. The number of amides is 2. The van der Waals surface area contributed by atoms with Gasteiger partial charge in [-0.25, -0.2) is 9.18 Å².